The maximum atomic E-state index is 14.8. The van der Waals surface area contributed by atoms with Crippen LogP contribution in [0.1, 0.15) is 69.8 Å². The highest BCUT2D eigenvalue weighted by Crippen LogP contribution is 2.46. The van der Waals surface area contributed by atoms with Gasteiger partial charge in [0.1, 0.15) is 43.2 Å². The second kappa shape index (κ2) is 23.3. The summed E-state index contributed by atoms with van der Waals surface area (Å²) in [7, 11) is 0. The molecule has 2 fully saturated rings. The first-order valence-electron chi connectivity index (χ1n) is 23.7. The highest BCUT2D eigenvalue weighted by molar-refractivity contribution is 7.81. The number of carbonyl (C=O) groups excluding carboxylic acids is 4. The molecule has 6 rings (SSSR count). The van der Waals surface area contributed by atoms with Crippen molar-refractivity contribution in [3.63, 3.8) is 0 Å². The number of thiazole rings is 1. The number of likely N-dealkylation sites (tertiary alicyclic amines) is 1. The summed E-state index contributed by atoms with van der Waals surface area (Å²) in [5.74, 6) is -20.2. The van der Waals surface area contributed by atoms with Gasteiger partial charge in [-0.2, -0.15) is 44.8 Å². The summed E-state index contributed by atoms with van der Waals surface area (Å²) in [5.41, 5.74) is -0.0447. The number of aromatic nitrogens is 1. The van der Waals surface area contributed by atoms with Crippen molar-refractivity contribution in [1.82, 2.24) is 20.5 Å². The van der Waals surface area contributed by atoms with Crippen LogP contribution in [0.4, 0.5) is 50.9 Å². The molecule has 26 heteroatoms. The van der Waals surface area contributed by atoms with Crippen LogP contribution >= 0.6 is 23.6 Å². The molecule has 3 aromatic carbocycles. The molecule has 0 aliphatic carbocycles. The van der Waals surface area contributed by atoms with Gasteiger partial charge in [0.2, 0.25) is 17.7 Å². The van der Waals surface area contributed by atoms with Crippen LogP contribution in [0.5, 0.6) is 5.75 Å². The van der Waals surface area contributed by atoms with Gasteiger partial charge in [0, 0.05) is 31.6 Å². The van der Waals surface area contributed by atoms with Gasteiger partial charge in [-0.1, -0.05) is 45.0 Å². The molecule has 3 N–H and O–H groups in total. The van der Waals surface area contributed by atoms with Crippen LogP contribution in [0.25, 0.3) is 10.4 Å². The zero-order valence-electron chi connectivity index (χ0n) is 42.3. The van der Waals surface area contributed by atoms with E-state index in [0.29, 0.717) is 11.8 Å². The van der Waals surface area contributed by atoms with Crippen molar-refractivity contribution < 1.29 is 78.0 Å². The first kappa shape index (κ1) is 59.8. The Morgan fingerprint density at radius 2 is 1.55 bits per heavy atom. The number of nitrogens with zero attached hydrogens (tertiary/aromatic N) is 5. The molecule has 0 spiro atoms. The largest absolute Gasteiger partial charge is 0.494 e. The molecule has 0 radical (unpaired) electrons. The van der Waals surface area contributed by atoms with Gasteiger partial charge in [0.25, 0.3) is 5.91 Å². The van der Waals surface area contributed by atoms with Crippen LogP contribution in [-0.4, -0.2) is 125 Å². The maximum absolute atomic E-state index is 14.8. The van der Waals surface area contributed by atoms with Crippen LogP contribution in [0, 0.1) is 23.7 Å². The number of benzene rings is 3. The molecular weight excluding hydrogens is 1070 g/mol. The highest BCUT2D eigenvalue weighted by Gasteiger charge is 2.71. The van der Waals surface area contributed by atoms with Gasteiger partial charge in [-0.05, 0) is 92.0 Å². The van der Waals surface area contributed by atoms with E-state index in [9.17, 15) is 69.1 Å². The van der Waals surface area contributed by atoms with Crippen LogP contribution in [0.2, 0.25) is 0 Å². The molecule has 2 aliphatic heterocycles. The molecule has 3 heterocycles. The first-order valence-corrected chi connectivity index (χ1v) is 25.0. The number of amides is 4. The minimum atomic E-state index is -6.04. The number of rotatable bonds is 21. The number of ether oxygens (including phenoxy) is 3. The van der Waals surface area contributed by atoms with E-state index >= 15 is 0 Å². The molecule has 2 saturated heterocycles. The summed E-state index contributed by atoms with van der Waals surface area (Å²) < 4.78 is 144. The molecule has 15 nitrogen and oxygen atoms in total. The predicted octanol–water partition coefficient (Wildman–Crippen LogP) is 8.44. The lowest BCUT2D eigenvalue weighted by molar-refractivity contribution is -0.328. The van der Waals surface area contributed by atoms with Crippen molar-refractivity contribution in [2.75, 3.05) is 49.4 Å². The number of hydrogen-bond donors (Lipinski definition) is 3. The van der Waals surface area contributed by atoms with Crippen molar-refractivity contribution in [2.24, 2.45) is 5.41 Å². The van der Waals surface area contributed by atoms with E-state index in [0.717, 1.165) is 43.6 Å². The Kier molecular flexibility index (Phi) is 18.1. The number of aliphatic hydroxyl groups is 1. The third-order valence-corrected chi connectivity index (χ3v) is 13.9. The predicted molar refractivity (Wildman–Crippen MR) is 267 cm³/mol. The van der Waals surface area contributed by atoms with Crippen LogP contribution in [0.15, 0.2) is 72.2 Å². The zero-order valence-corrected chi connectivity index (χ0v) is 43.9. The van der Waals surface area contributed by atoms with Crippen molar-refractivity contribution in [3.05, 3.63) is 94.6 Å². The number of alkyl halides is 9. The monoisotopic (exact) mass is 1130 g/mol. The number of anilines is 2. The van der Waals surface area contributed by atoms with Gasteiger partial charge in [-0.15, -0.1) is 11.3 Å². The summed E-state index contributed by atoms with van der Waals surface area (Å²) in [6.45, 7) is 2.49. The second-order valence-corrected chi connectivity index (χ2v) is 21.0. The fraction of sp³-hybridized carbons (Fsp3) is 0.471. The van der Waals surface area contributed by atoms with Gasteiger partial charge < -0.3 is 39.8 Å². The fourth-order valence-electron chi connectivity index (χ4n) is 8.41. The normalized spacial score (nSPS) is 17.6. The van der Waals surface area contributed by atoms with Crippen LogP contribution < -0.4 is 25.2 Å². The van der Waals surface area contributed by atoms with E-state index in [1.54, 1.807) is 5.51 Å². The lowest BCUT2D eigenvalue weighted by Crippen LogP contribution is -2.59. The van der Waals surface area contributed by atoms with E-state index in [1.807, 2.05) is 31.2 Å². The van der Waals surface area contributed by atoms with E-state index in [1.165, 1.54) is 81.2 Å². The topological polar surface area (TPSA) is 187 Å². The summed E-state index contributed by atoms with van der Waals surface area (Å²) in [4.78, 5) is 62.3. The number of halogens is 9. The summed E-state index contributed by atoms with van der Waals surface area (Å²) in [6, 6.07) is 14.7. The number of aryl methyl sites for hydroxylation is 1. The van der Waals surface area contributed by atoms with Gasteiger partial charge in [0.05, 0.1) is 58.3 Å². The summed E-state index contributed by atoms with van der Waals surface area (Å²) in [5, 5.41) is 24.5. The third-order valence-electron chi connectivity index (χ3n) is 12.6. The number of nitriles is 1. The fourth-order valence-corrected chi connectivity index (χ4v) is 9.74. The Balaban J connectivity index is 0.945. The summed E-state index contributed by atoms with van der Waals surface area (Å²) >= 11 is 7.00. The number of carbonyl (C=O) groups is 4. The third kappa shape index (κ3) is 13.3. The number of thiocarbonyl (C=S) groups is 1. The van der Waals surface area contributed by atoms with Crippen molar-refractivity contribution >= 4 is 63.7 Å². The number of hydrogen-bond acceptors (Lipinski definition) is 12. The Bertz CT molecular complexity index is 2860. The number of aliphatic hydroxyl groups excluding tert-OH is 1. The Morgan fingerprint density at radius 1 is 0.922 bits per heavy atom. The number of β-amino-alcohol motifs (C(OH)–C–C–N with tert-alkyl or cyclic N) is 1. The quantitative estimate of drug-likeness (QED) is 0.0412. The second-order valence-electron chi connectivity index (χ2n) is 19.8. The van der Waals surface area contributed by atoms with E-state index in [2.05, 4.69) is 25.1 Å². The minimum Gasteiger partial charge on any atom is -0.494 e. The van der Waals surface area contributed by atoms with Gasteiger partial charge in [-0.3, -0.25) is 24.1 Å². The maximum Gasteiger partial charge on any atom is 0.417 e. The average molecular weight is 1130 g/mol. The van der Waals surface area contributed by atoms with Crippen molar-refractivity contribution in [3.8, 4) is 22.3 Å². The van der Waals surface area contributed by atoms with E-state index in [4.69, 9.17) is 17.0 Å². The molecule has 77 heavy (non-hydrogen) atoms. The highest BCUT2D eigenvalue weighted by atomic mass is 32.1. The Labute approximate surface area is 446 Å². The van der Waals surface area contributed by atoms with Crippen molar-refractivity contribution in [2.45, 2.75) is 109 Å². The molecule has 4 amide bonds. The SMILES string of the molecule is Cc1ncsc1-c1ccc(CNC(=O)C2CC(O)CN2C(=O)C(NC(=O)COCC(F)(F)C(F)(F)C(F)(F)COCCCOc2ccc(N3C(=S)N(c4ccc(C#N)c(C(F)(F)F)c4)C(=O)C3(C)C)cc2)C(C)(C)C)cc1. The van der Waals surface area contributed by atoms with Gasteiger partial charge >= 0.3 is 23.9 Å². The van der Waals surface area contributed by atoms with Gasteiger partial charge in [-0.25, -0.2) is 4.98 Å². The Hall–Kier alpha value is -6.40. The van der Waals surface area contributed by atoms with Crippen LogP contribution in [-0.2, 0) is 41.4 Å². The molecule has 416 valence electrons. The first-order chi connectivity index (χ1) is 35.8. The standard InChI is InChI=1S/C51H54F9N7O8S2/c1-29-40(77-28-63-29)31-10-8-30(9-11-31)23-62-42(70)38-21-35(68)24-65(38)43(71)41(46(2,3)4)64-39(69)25-74-27-49(54,55)51(59,60)48(52,53)26-73-18-7-19-75-36-16-14-33(15-17-36)67-45(76)66(44(72)47(67,5)6)34-13-12-32(22-61)37(20-34)50(56,57)58/h8-17,20,28,35,38,41,68H,7,18-19,21,23-27H2,1-6H3,(H,62,70)(H,64,69). The minimum absolute atomic E-state index is 0.0744. The molecular formula is C51H54F9N7O8S2. The molecule has 3 unspecified atom stereocenters. The number of nitrogens with one attached hydrogen (secondary N) is 2. The smallest absolute Gasteiger partial charge is 0.417 e. The van der Waals surface area contributed by atoms with E-state index in [-0.39, 0.29) is 49.1 Å². The molecule has 0 bridgehead atoms. The molecule has 0 saturated carbocycles. The summed E-state index contributed by atoms with van der Waals surface area (Å²) in [6.07, 6.45) is -6.35. The Morgan fingerprint density at radius 3 is 2.13 bits per heavy atom. The van der Waals surface area contributed by atoms with Crippen LogP contribution in [0.3, 0.4) is 0 Å². The molecule has 4 aromatic rings. The molecule has 2 aliphatic rings. The van der Waals surface area contributed by atoms with Crippen molar-refractivity contribution in [1.29, 1.82) is 5.26 Å². The lowest BCUT2D eigenvalue weighted by Gasteiger charge is -2.35. The lowest BCUT2D eigenvalue weighted by atomic mass is 9.85. The van der Waals surface area contributed by atoms with Gasteiger partial charge in [0.15, 0.2) is 5.11 Å². The molecule has 1 aromatic heterocycles. The molecule has 3 atom stereocenters. The zero-order chi connectivity index (χ0) is 57.1. The average Bonchev–Trinajstić information content (AvgIpc) is 4.02. The van der Waals surface area contributed by atoms with E-state index < -0.39 is 114 Å².